The van der Waals surface area contributed by atoms with Gasteiger partial charge in [-0.1, -0.05) is 27.7 Å². The van der Waals surface area contributed by atoms with Crippen molar-refractivity contribution in [3.8, 4) is 0 Å². The molecular formula is C10H16N2O. The monoisotopic (exact) mass is 180 g/mol. The van der Waals surface area contributed by atoms with Gasteiger partial charge in [-0.25, -0.2) is 5.10 Å². The molecule has 0 saturated heterocycles. The molecule has 3 heteroatoms. The van der Waals surface area contributed by atoms with Gasteiger partial charge in [0, 0.05) is 5.56 Å². The minimum Gasteiger partial charge on any atom is -0.268 e. The van der Waals surface area contributed by atoms with Gasteiger partial charge >= 0.3 is 0 Å². The summed E-state index contributed by atoms with van der Waals surface area (Å²) >= 11 is 0. The number of aromatic amines is 1. The lowest BCUT2D eigenvalue weighted by molar-refractivity contribution is 0.749. The fourth-order valence-electron chi connectivity index (χ4n) is 1.48. The summed E-state index contributed by atoms with van der Waals surface area (Å²) in [6.45, 7) is 8.19. The zero-order valence-electron chi connectivity index (χ0n) is 8.59. The van der Waals surface area contributed by atoms with Gasteiger partial charge in [-0.15, -0.1) is 0 Å². The maximum absolute atomic E-state index is 11.5. The Morgan fingerprint density at radius 1 is 1.23 bits per heavy atom. The summed E-state index contributed by atoms with van der Waals surface area (Å²) in [5.74, 6) is 0.608. The van der Waals surface area contributed by atoms with E-state index in [1.807, 2.05) is 13.8 Å². The van der Waals surface area contributed by atoms with Crippen molar-refractivity contribution < 1.29 is 0 Å². The Morgan fingerprint density at radius 3 is 2.23 bits per heavy atom. The molecule has 0 spiro atoms. The van der Waals surface area contributed by atoms with E-state index in [1.54, 1.807) is 6.20 Å². The van der Waals surface area contributed by atoms with Gasteiger partial charge in [0.1, 0.15) is 0 Å². The molecule has 0 aliphatic carbocycles. The fourth-order valence-corrected chi connectivity index (χ4v) is 1.48. The second kappa shape index (κ2) is 3.73. The first-order valence-corrected chi connectivity index (χ1v) is 4.61. The zero-order valence-corrected chi connectivity index (χ0v) is 8.59. The lowest BCUT2D eigenvalue weighted by Gasteiger charge is -2.12. The molecule has 0 fully saturated rings. The fraction of sp³-hybridized carbons (Fsp3) is 0.600. The van der Waals surface area contributed by atoms with Crippen LogP contribution in [0.25, 0.3) is 0 Å². The number of hydrogen-bond donors (Lipinski definition) is 1. The van der Waals surface area contributed by atoms with E-state index in [4.69, 9.17) is 0 Å². The summed E-state index contributed by atoms with van der Waals surface area (Å²) in [7, 11) is 0. The minimum atomic E-state index is -0.0544. The second-order valence-electron chi connectivity index (χ2n) is 3.88. The molecule has 0 amide bonds. The maximum atomic E-state index is 11.5. The quantitative estimate of drug-likeness (QED) is 0.756. The van der Waals surface area contributed by atoms with Crippen LogP contribution in [-0.4, -0.2) is 10.2 Å². The van der Waals surface area contributed by atoms with E-state index in [0.717, 1.165) is 11.1 Å². The molecule has 13 heavy (non-hydrogen) atoms. The lowest BCUT2D eigenvalue weighted by atomic mass is 9.93. The van der Waals surface area contributed by atoms with E-state index in [2.05, 4.69) is 24.0 Å². The molecule has 72 valence electrons. The van der Waals surface area contributed by atoms with E-state index in [1.165, 1.54) is 0 Å². The van der Waals surface area contributed by atoms with Crippen LogP contribution in [0.2, 0.25) is 0 Å². The van der Waals surface area contributed by atoms with Crippen LogP contribution in [0.3, 0.4) is 0 Å². The molecule has 0 aromatic carbocycles. The second-order valence-corrected chi connectivity index (χ2v) is 3.88. The van der Waals surface area contributed by atoms with E-state index in [0.29, 0.717) is 5.92 Å². The average Bonchev–Trinajstić information content (AvgIpc) is 2.02. The molecule has 1 aromatic rings. The van der Waals surface area contributed by atoms with Crippen molar-refractivity contribution in [2.24, 2.45) is 0 Å². The van der Waals surface area contributed by atoms with Crippen LogP contribution >= 0.6 is 0 Å². The third-order valence-corrected chi connectivity index (χ3v) is 2.12. The van der Waals surface area contributed by atoms with Crippen molar-refractivity contribution >= 4 is 0 Å². The summed E-state index contributed by atoms with van der Waals surface area (Å²) in [6, 6.07) is 0. The molecule has 1 heterocycles. The number of nitrogens with zero attached hydrogens (tertiary/aromatic N) is 1. The van der Waals surface area contributed by atoms with Crippen molar-refractivity contribution in [3.63, 3.8) is 0 Å². The van der Waals surface area contributed by atoms with Crippen molar-refractivity contribution in [1.29, 1.82) is 0 Å². The topological polar surface area (TPSA) is 45.8 Å². The smallest absolute Gasteiger partial charge is 0.267 e. The highest BCUT2D eigenvalue weighted by molar-refractivity contribution is 5.26. The van der Waals surface area contributed by atoms with E-state index < -0.39 is 0 Å². The van der Waals surface area contributed by atoms with Crippen LogP contribution in [0.15, 0.2) is 11.0 Å². The largest absolute Gasteiger partial charge is 0.268 e. The van der Waals surface area contributed by atoms with E-state index in [9.17, 15) is 4.79 Å². The lowest BCUT2D eigenvalue weighted by Crippen LogP contribution is -2.18. The maximum Gasteiger partial charge on any atom is 0.267 e. The first kappa shape index (κ1) is 9.96. The zero-order chi connectivity index (χ0) is 10.0. The van der Waals surface area contributed by atoms with Crippen molar-refractivity contribution in [3.05, 3.63) is 27.7 Å². The molecule has 0 saturated carbocycles. The predicted molar refractivity (Wildman–Crippen MR) is 53.0 cm³/mol. The first-order chi connectivity index (χ1) is 6.04. The highest BCUT2D eigenvalue weighted by Gasteiger charge is 2.13. The molecule has 0 atom stereocenters. The molecule has 0 bridgehead atoms. The van der Waals surface area contributed by atoms with Crippen molar-refractivity contribution in [2.75, 3.05) is 0 Å². The third-order valence-electron chi connectivity index (χ3n) is 2.12. The Labute approximate surface area is 78.2 Å². The van der Waals surface area contributed by atoms with Gasteiger partial charge in [-0.3, -0.25) is 4.79 Å². The minimum absolute atomic E-state index is 0.0544. The number of nitrogens with one attached hydrogen (secondary N) is 1. The molecular weight excluding hydrogens is 164 g/mol. The van der Waals surface area contributed by atoms with Crippen LogP contribution < -0.4 is 5.56 Å². The molecule has 1 rings (SSSR count). The molecule has 3 nitrogen and oxygen atoms in total. The Hall–Kier alpha value is -1.12. The van der Waals surface area contributed by atoms with Gasteiger partial charge in [-0.2, -0.15) is 5.10 Å². The highest BCUT2D eigenvalue weighted by Crippen LogP contribution is 2.21. The van der Waals surface area contributed by atoms with Gasteiger partial charge in [0.05, 0.1) is 6.20 Å². The van der Waals surface area contributed by atoms with Gasteiger partial charge in [0.2, 0.25) is 0 Å². The summed E-state index contributed by atoms with van der Waals surface area (Å²) in [6.07, 6.45) is 1.75. The SMILES string of the molecule is CC(C)c1cn[nH]c(=O)c1C(C)C. The summed E-state index contributed by atoms with van der Waals surface area (Å²) in [5, 5.41) is 6.28. The Balaban J connectivity index is 3.35. The van der Waals surface area contributed by atoms with Gasteiger partial charge < -0.3 is 0 Å². The molecule has 1 aromatic heterocycles. The van der Waals surface area contributed by atoms with Crippen LogP contribution in [0.5, 0.6) is 0 Å². The van der Waals surface area contributed by atoms with Crippen LogP contribution in [0, 0.1) is 0 Å². The number of hydrogen-bond acceptors (Lipinski definition) is 2. The Bertz CT molecular complexity index is 339. The molecule has 0 radical (unpaired) electrons. The van der Waals surface area contributed by atoms with E-state index >= 15 is 0 Å². The highest BCUT2D eigenvalue weighted by atomic mass is 16.1. The van der Waals surface area contributed by atoms with Crippen LogP contribution in [0.1, 0.15) is 50.7 Å². The first-order valence-electron chi connectivity index (χ1n) is 4.61. The molecule has 1 N–H and O–H groups in total. The normalized spacial score (nSPS) is 11.2. The number of aromatic nitrogens is 2. The summed E-state index contributed by atoms with van der Waals surface area (Å²) in [5.41, 5.74) is 1.87. The van der Waals surface area contributed by atoms with Gasteiger partial charge in [-0.05, 0) is 17.4 Å². The van der Waals surface area contributed by atoms with Crippen molar-refractivity contribution in [2.45, 2.75) is 39.5 Å². The predicted octanol–water partition coefficient (Wildman–Crippen LogP) is 2.02. The third kappa shape index (κ3) is 1.97. The van der Waals surface area contributed by atoms with Crippen LogP contribution in [-0.2, 0) is 0 Å². The van der Waals surface area contributed by atoms with Crippen LogP contribution in [0.4, 0.5) is 0 Å². The number of rotatable bonds is 2. The summed E-state index contributed by atoms with van der Waals surface area (Å²) in [4.78, 5) is 11.5. The molecule has 0 unspecified atom stereocenters. The van der Waals surface area contributed by atoms with Gasteiger partial charge in [0.25, 0.3) is 5.56 Å². The summed E-state index contributed by atoms with van der Waals surface area (Å²) < 4.78 is 0. The van der Waals surface area contributed by atoms with E-state index in [-0.39, 0.29) is 11.5 Å². The molecule has 0 aliphatic heterocycles. The van der Waals surface area contributed by atoms with Crippen molar-refractivity contribution in [1.82, 2.24) is 10.2 Å². The standard InChI is InChI=1S/C10H16N2O/c1-6(2)8-5-11-12-10(13)9(8)7(3)4/h5-7H,1-4H3,(H,12,13). The Morgan fingerprint density at radius 2 is 1.85 bits per heavy atom. The average molecular weight is 180 g/mol. The number of H-pyrrole nitrogens is 1. The molecule has 0 aliphatic rings. The van der Waals surface area contributed by atoms with Gasteiger partial charge in [0.15, 0.2) is 0 Å². The Kier molecular flexibility index (Phi) is 2.86.